The predicted molar refractivity (Wildman–Crippen MR) is 71.1 cm³/mol. The van der Waals surface area contributed by atoms with Gasteiger partial charge in [-0.05, 0) is 31.7 Å². The van der Waals surface area contributed by atoms with Crippen molar-refractivity contribution in [3.05, 3.63) is 23.0 Å². The molecule has 0 aliphatic heterocycles. The number of halogens is 1. The summed E-state index contributed by atoms with van der Waals surface area (Å²) in [6.07, 6.45) is 6.70. The second kappa shape index (κ2) is 4.94. The van der Waals surface area contributed by atoms with Gasteiger partial charge in [0.25, 0.3) is 5.91 Å². The highest BCUT2D eigenvalue weighted by molar-refractivity contribution is 6.31. The van der Waals surface area contributed by atoms with E-state index in [4.69, 9.17) is 11.6 Å². The van der Waals surface area contributed by atoms with Gasteiger partial charge in [-0.1, -0.05) is 11.6 Å². The molecule has 2 N–H and O–H groups in total. The summed E-state index contributed by atoms with van der Waals surface area (Å²) < 4.78 is 2.01. The van der Waals surface area contributed by atoms with Crippen molar-refractivity contribution in [1.82, 2.24) is 15.2 Å². The molecular formula is C13H18ClN3O. The average Bonchev–Trinajstić information content (AvgIpc) is 3.23. The standard InChI is InChI=1S/C13H18ClN3O/c14-9-7-12(17(8-9)11-3-4-11)13(18)16-6-5-15-10-1-2-10/h7-8,10-11,15H,1-6H2,(H,16,18). The molecule has 2 saturated carbocycles. The molecule has 0 unspecified atom stereocenters. The number of carbonyl (C=O) groups excluding carboxylic acids is 1. The van der Waals surface area contributed by atoms with Crippen LogP contribution in [-0.2, 0) is 0 Å². The molecule has 0 radical (unpaired) electrons. The topological polar surface area (TPSA) is 46.1 Å². The summed E-state index contributed by atoms with van der Waals surface area (Å²) in [4.78, 5) is 12.1. The molecule has 1 heterocycles. The Morgan fingerprint density at radius 2 is 2.11 bits per heavy atom. The molecule has 0 aromatic carbocycles. The van der Waals surface area contributed by atoms with Crippen molar-refractivity contribution in [2.45, 2.75) is 37.8 Å². The number of hydrogen-bond donors (Lipinski definition) is 2. The van der Waals surface area contributed by atoms with Gasteiger partial charge in [-0.2, -0.15) is 0 Å². The molecule has 0 saturated heterocycles. The first-order valence-corrected chi connectivity index (χ1v) is 7.01. The first-order chi connectivity index (χ1) is 8.74. The summed E-state index contributed by atoms with van der Waals surface area (Å²) in [6, 6.07) is 2.92. The maximum atomic E-state index is 12.1. The monoisotopic (exact) mass is 267 g/mol. The van der Waals surface area contributed by atoms with Crippen LogP contribution in [0, 0.1) is 0 Å². The largest absolute Gasteiger partial charge is 0.349 e. The molecule has 0 bridgehead atoms. The average molecular weight is 268 g/mol. The smallest absolute Gasteiger partial charge is 0.268 e. The molecule has 1 aromatic rings. The van der Waals surface area contributed by atoms with Crippen LogP contribution >= 0.6 is 11.6 Å². The van der Waals surface area contributed by atoms with Crippen molar-refractivity contribution in [3.63, 3.8) is 0 Å². The van der Waals surface area contributed by atoms with Crippen LogP contribution in [0.1, 0.15) is 42.2 Å². The zero-order valence-corrected chi connectivity index (χ0v) is 11.0. The minimum atomic E-state index is -0.0219. The SMILES string of the molecule is O=C(NCCNC1CC1)c1cc(Cl)cn1C1CC1. The van der Waals surface area contributed by atoms with E-state index in [1.165, 1.54) is 12.8 Å². The fourth-order valence-corrected chi connectivity index (χ4v) is 2.32. The number of nitrogens with zero attached hydrogens (tertiary/aromatic N) is 1. The summed E-state index contributed by atoms with van der Waals surface area (Å²) >= 11 is 5.98. The van der Waals surface area contributed by atoms with E-state index in [1.807, 2.05) is 10.8 Å². The Morgan fingerprint density at radius 3 is 2.78 bits per heavy atom. The van der Waals surface area contributed by atoms with Crippen LogP contribution in [0.2, 0.25) is 5.02 Å². The third kappa shape index (κ3) is 2.87. The maximum Gasteiger partial charge on any atom is 0.268 e. The molecule has 2 aliphatic rings. The second-order valence-corrected chi connectivity index (χ2v) is 5.60. The van der Waals surface area contributed by atoms with Crippen LogP contribution < -0.4 is 10.6 Å². The minimum absolute atomic E-state index is 0.0219. The molecule has 4 nitrogen and oxygen atoms in total. The quantitative estimate of drug-likeness (QED) is 0.774. The Labute approximate surface area is 112 Å². The van der Waals surface area contributed by atoms with E-state index in [0.717, 1.165) is 19.4 Å². The van der Waals surface area contributed by atoms with Crippen molar-refractivity contribution >= 4 is 17.5 Å². The maximum absolute atomic E-state index is 12.1. The molecule has 0 spiro atoms. The molecule has 18 heavy (non-hydrogen) atoms. The van der Waals surface area contributed by atoms with Gasteiger partial charge in [0.05, 0.1) is 5.02 Å². The number of aromatic nitrogens is 1. The Morgan fingerprint density at radius 1 is 1.33 bits per heavy atom. The van der Waals surface area contributed by atoms with Crippen molar-refractivity contribution in [2.24, 2.45) is 0 Å². The van der Waals surface area contributed by atoms with Crippen LogP contribution in [0.5, 0.6) is 0 Å². The van der Waals surface area contributed by atoms with Crippen LogP contribution in [0.3, 0.4) is 0 Å². The summed E-state index contributed by atoms with van der Waals surface area (Å²) in [6.45, 7) is 1.51. The van der Waals surface area contributed by atoms with Crippen LogP contribution in [0.4, 0.5) is 0 Å². The number of rotatable bonds is 6. The van der Waals surface area contributed by atoms with Crippen LogP contribution in [0.25, 0.3) is 0 Å². The lowest BCUT2D eigenvalue weighted by atomic mass is 10.4. The van der Waals surface area contributed by atoms with Gasteiger partial charge in [-0.15, -0.1) is 0 Å². The number of carbonyl (C=O) groups is 1. The normalized spacial score (nSPS) is 18.9. The summed E-state index contributed by atoms with van der Waals surface area (Å²) in [5.74, 6) is -0.0219. The minimum Gasteiger partial charge on any atom is -0.349 e. The Balaban J connectivity index is 1.53. The zero-order chi connectivity index (χ0) is 12.5. The lowest BCUT2D eigenvalue weighted by molar-refractivity contribution is 0.0944. The highest BCUT2D eigenvalue weighted by Gasteiger charge is 2.27. The fraction of sp³-hybridized carbons (Fsp3) is 0.615. The van der Waals surface area contributed by atoms with E-state index in [-0.39, 0.29) is 5.91 Å². The van der Waals surface area contributed by atoms with Gasteiger partial charge >= 0.3 is 0 Å². The molecule has 1 amide bonds. The van der Waals surface area contributed by atoms with Gasteiger partial charge in [-0.3, -0.25) is 4.79 Å². The molecule has 98 valence electrons. The zero-order valence-electron chi connectivity index (χ0n) is 10.3. The van der Waals surface area contributed by atoms with Crippen LogP contribution in [-0.4, -0.2) is 29.6 Å². The predicted octanol–water partition coefficient (Wildman–Crippen LogP) is 1.96. The van der Waals surface area contributed by atoms with Gasteiger partial charge in [0.15, 0.2) is 0 Å². The molecule has 0 atom stereocenters. The van der Waals surface area contributed by atoms with Crippen molar-refractivity contribution in [1.29, 1.82) is 0 Å². The van der Waals surface area contributed by atoms with Gasteiger partial charge in [0.2, 0.25) is 0 Å². The third-order valence-electron chi connectivity index (χ3n) is 3.41. The molecule has 1 aromatic heterocycles. The van der Waals surface area contributed by atoms with E-state index in [9.17, 15) is 4.79 Å². The summed E-state index contributed by atoms with van der Waals surface area (Å²) in [7, 11) is 0. The van der Waals surface area contributed by atoms with Gasteiger partial charge in [0.1, 0.15) is 5.69 Å². The highest BCUT2D eigenvalue weighted by Crippen LogP contribution is 2.37. The van der Waals surface area contributed by atoms with Gasteiger partial charge in [0, 0.05) is 31.4 Å². The first-order valence-electron chi connectivity index (χ1n) is 6.63. The number of hydrogen-bond acceptors (Lipinski definition) is 2. The summed E-state index contributed by atoms with van der Waals surface area (Å²) in [5.41, 5.74) is 0.689. The lowest BCUT2D eigenvalue weighted by Gasteiger charge is -2.08. The molecule has 2 aliphatic carbocycles. The lowest BCUT2D eigenvalue weighted by Crippen LogP contribution is -2.33. The van der Waals surface area contributed by atoms with Gasteiger partial charge in [-0.25, -0.2) is 0 Å². The van der Waals surface area contributed by atoms with E-state index in [2.05, 4.69) is 10.6 Å². The number of nitrogens with one attached hydrogen (secondary N) is 2. The van der Waals surface area contributed by atoms with E-state index >= 15 is 0 Å². The Kier molecular flexibility index (Phi) is 3.31. The van der Waals surface area contributed by atoms with E-state index < -0.39 is 0 Å². The summed E-state index contributed by atoms with van der Waals surface area (Å²) in [5, 5.41) is 6.95. The van der Waals surface area contributed by atoms with Crippen molar-refractivity contribution in [3.8, 4) is 0 Å². The fourth-order valence-electron chi connectivity index (χ4n) is 2.11. The van der Waals surface area contributed by atoms with Crippen molar-refractivity contribution in [2.75, 3.05) is 13.1 Å². The molecule has 2 fully saturated rings. The second-order valence-electron chi connectivity index (χ2n) is 5.17. The molecule has 3 rings (SSSR count). The van der Waals surface area contributed by atoms with E-state index in [0.29, 0.717) is 29.3 Å². The first kappa shape index (κ1) is 12.1. The molecule has 5 heteroatoms. The molecular weight excluding hydrogens is 250 g/mol. The number of amides is 1. The third-order valence-corrected chi connectivity index (χ3v) is 3.62. The van der Waals surface area contributed by atoms with Crippen molar-refractivity contribution < 1.29 is 4.79 Å². The highest BCUT2D eigenvalue weighted by atomic mass is 35.5. The Hall–Kier alpha value is -1.00. The van der Waals surface area contributed by atoms with Crippen LogP contribution in [0.15, 0.2) is 12.3 Å². The Bertz CT molecular complexity index is 449. The van der Waals surface area contributed by atoms with Gasteiger partial charge < -0.3 is 15.2 Å². The van der Waals surface area contributed by atoms with E-state index in [1.54, 1.807) is 6.07 Å².